The number of nitrogens with zero attached hydrogens (tertiary/aromatic N) is 6. The van der Waals surface area contributed by atoms with Gasteiger partial charge in [0.15, 0.2) is 13.5 Å². The zero-order valence-electron chi connectivity index (χ0n) is 11.5. The molecule has 0 atom stereocenters. The molecule has 0 unspecified atom stereocenters. The molecule has 6 N–H and O–H groups in total. The van der Waals surface area contributed by atoms with Crippen LogP contribution >= 0.6 is 0 Å². The summed E-state index contributed by atoms with van der Waals surface area (Å²) in [5.74, 6) is -1.34. The first kappa shape index (κ1) is 18.3. The van der Waals surface area contributed by atoms with Gasteiger partial charge in [-0.25, -0.2) is 4.65 Å². The maximum Gasteiger partial charge on any atom is 0.339 e. The van der Waals surface area contributed by atoms with Crippen LogP contribution in [0.4, 0.5) is 17.8 Å². The number of quaternary nitrogens is 1. The smallest absolute Gasteiger partial charge is 0.339 e. The summed E-state index contributed by atoms with van der Waals surface area (Å²) in [6.45, 7) is -4.97. The van der Waals surface area contributed by atoms with E-state index in [0.29, 0.717) is 0 Å². The van der Waals surface area contributed by atoms with Crippen molar-refractivity contribution in [3.05, 3.63) is 5.21 Å². The van der Waals surface area contributed by atoms with E-state index in [4.69, 9.17) is 30.6 Å². The van der Waals surface area contributed by atoms with E-state index < -0.39 is 51.0 Å². The maximum absolute atomic E-state index is 12.1. The summed E-state index contributed by atoms with van der Waals surface area (Å²) < 4.78 is -1.74. The van der Waals surface area contributed by atoms with Gasteiger partial charge in [0.2, 0.25) is 11.9 Å². The Kier molecular flexibility index (Phi) is 6.72. The Morgan fingerprint density at radius 1 is 0.727 bits per heavy atom. The molecule has 1 heterocycles. The molecule has 22 heavy (non-hydrogen) atoms. The topological polar surface area (TPSA) is 190 Å². The third kappa shape index (κ3) is 3.73. The van der Waals surface area contributed by atoms with E-state index in [1.165, 1.54) is 0 Å². The fourth-order valence-corrected chi connectivity index (χ4v) is 1.32. The minimum absolute atomic E-state index is 0.350. The minimum Gasteiger partial charge on any atom is -0.622 e. The number of aliphatic hydroxyl groups is 6. The molecular weight excluding hydrogens is 304 g/mol. The van der Waals surface area contributed by atoms with Gasteiger partial charge in [-0.3, -0.25) is 9.80 Å². The Morgan fingerprint density at radius 3 is 1.36 bits per heavy atom. The molecule has 1 rings (SSSR count). The molecule has 13 heteroatoms. The van der Waals surface area contributed by atoms with E-state index in [0.717, 1.165) is 9.80 Å². The third-order valence-electron chi connectivity index (χ3n) is 2.67. The monoisotopic (exact) mass is 322 g/mol. The van der Waals surface area contributed by atoms with Crippen LogP contribution in [0.5, 0.6) is 0 Å². The molecule has 0 aliphatic carbocycles. The molecule has 0 aromatic carbocycles. The fraction of sp³-hybridized carbons (Fsp3) is 0.667. The van der Waals surface area contributed by atoms with Crippen molar-refractivity contribution in [2.75, 3.05) is 50.2 Å². The highest BCUT2D eigenvalue weighted by molar-refractivity contribution is 5.44. The first-order valence-corrected chi connectivity index (χ1v) is 5.99. The molecule has 1 aromatic rings. The molecule has 0 saturated carbocycles. The molecule has 0 saturated heterocycles. The first-order valence-electron chi connectivity index (χ1n) is 5.99. The van der Waals surface area contributed by atoms with Crippen LogP contribution in [0.2, 0.25) is 0 Å². The van der Waals surface area contributed by atoms with Crippen LogP contribution in [-0.4, -0.2) is 86.0 Å². The lowest BCUT2D eigenvalue weighted by Crippen LogP contribution is -2.47. The summed E-state index contributed by atoms with van der Waals surface area (Å²) in [5.41, 5.74) is 0. The molecular formula is C9H18N6O7. The lowest BCUT2D eigenvalue weighted by molar-refractivity contribution is 0.0667. The largest absolute Gasteiger partial charge is 0.622 e. The summed E-state index contributed by atoms with van der Waals surface area (Å²) in [4.78, 5) is 12.8. The summed E-state index contributed by atoms with van der Waals surface area (Å²) in [6.07, 6.45) is 0. The van der Waals surface area contributed by atoms with Crippen LogP contribution in [0.15, 0.2) is 0 Å². The van der Waals surface area contributed by atoms with E-state index in [9.17, 15) is 5.21 Å². The molecule has 0 fully saturated rings. The van der Waals surface area contributed by atoms with E-state index in [2.05, 4.69) is 15.0 Å². The van der Waals surface area contributed by atoms with Gasteiger partial charge in [0.25, 0.3) is 0 Å². The average molecular weight is 322 g/mol. The maximum atomic E-state index is 12.1. The highest BCUT2D eigenvalue weighted by Crippen LogP contribution is 2.22. The van der Waals surface area contributed by atoms with Crippen molar-refractivity contribution in [3.63, 3.8) is 0 Å². The zero-order chi connectivity index (χ0) is 16.8. The highest BCUT2D eigenvalue weighted by Gasteiger charge is 2.27. The Bertz CT molecular complexity index is 436. The number of hydroxylamine groups is 2. The van der Waals surface area contributed by atoms with Crippen LogP contribution in [0.3, 0.4) is 0 Å². The van der Waals surface area contributed by atoms with Gasteiger partial charge in [-0.1, -0.05) is 0 Å². The van der Waals surface area contributed by atoms with Crippen molar-refractivity contribution in [3.8, 4) is 0 Å². The number of hydrogen-bond acceptors (Lipinski definition) is 12. The number of hydrogen-bond donors (Lipinski definition) is 6. The normalized spacial score (nSPS) is 11.6. The molecule has 0 amide bonds. The summed E-state index contributed by atoms with van der Waals surface area (Å²) in [7, 11) is 0. The molecule has 126 valence electrons. The second-order valence-corrected chi connectivity index (χ2v) is 4.05. The van der Waals surface area contributed by atoms with Crippen LogP contribution in [0.1, 0.15) is 0 Å². The third-order valence-corrected chi connectivity index (χ3v) is 2.67. The van der Waals surface area contributed by atoms with Crippen molar-refractivity contribution in [2.45, 2.75) is 0 Å². The second kappa shape index (κ2) is 8.06. The van der Waals surface area contributed by atoms with Crippen LogP contribution in [-0.2, 0) is 0 Å². The number of rotatable bonds is 9. The van der Waals surface area contributed by atoms with E-state index in [-0.39, 0.29) is 11.9 Å². The molecule has 0 bridgehead atoms. The quantitative estimate of drug-likeness (QED) is 0.147. The Balaban J connectivity index is 3.43. The fourth-order valence-electron chi connectivity index (χ4n) is 1.32. The Morgan fingerprint density at radius 2 is 1.09 bits per heavy atom. The molecule has 1 aromatic heterocycles. The van der Waals surface area contributed by atoms with E-state index >= 15 is 0 Å². The Labute approximate surface area is 124 Å². The van der Waals surface area contributed by atoms with Gasteiger partial charge >= 0.3 is 5.95 Å². The second-order valence-electron chi connectivity index (χ2n) is 4.05. The Hall–Kier alpha value is -1.71. The summed E-state index contributed by atoms with van der Waals surface area (Å²) >= 11 is 0. The van der Waals surface area contributed by atoms with Gasteiger partial charge in [0.05, 0.1) is 0 Å². The van der Waals surface area contributed by atoms with Gasteiger partial charge in [-0.05, 0) is 0 Å². The molecule has 0 spiro atoms. The highest BCUT2D eigenvalue weighted by atomic mass is 16.6. The van der Waals surface area contributed by atoms with Crippen molar-refractivity contribution >= 4 is 17.8 Å². The van der Waals surface area contributed by atoms with Gasteiger partial charge in [0.1, 0.15) is 26.9 Å². The number of anilines is 2. The van der Waals surface area contributed by atoms with Gasteiger partial charge in [-0.2, -0.15) is 4.98 Å². The van der Waals surface area contributed by atoms with Crippen LogP contribution in [0, 0.1) is 5.21 Å². The lowest BCUT2D eigenvalue weighted by atomic mass is 10.6. The molecule has 0 radical (unpaired) electrons. The molecule has 0 aliphatic rings. The summed E-state index contributed by atoms with van der Waals surface area (Å²) in [6, 6.07) is 0. The number of aliphatic hydroxyl groups excluding tert-OH is 6. The van der Waals surface area contributed by atoms with Crippen molar-refractivity contribution < 1.29 is 30.6 Å². The lowest BCUT2D eigenvalue weighted by Gasteiger charge is -2.35. The first-order chi connectivity index (χ1) is 10.5. The molecule has 0 aliphatic heterocycles. The predicted octanol–water partition coefficient (Wildman–Crippen LogP) is -4.01. The standard InChI is InChI=1S/C9H18N6O7/c16-1-13(2-17)7-10-8(14(3-18)4-19)12-9(11-7)15(22,5-20)6-21/h16-21H,1-6H2. The van der Waals surface area contributed by atoms with Crippen molar-refractivity contribution in [2.24, 2.45) is 0 Å². The van der Waals surface area contributed by atoms with Crippen molar-refractivity contribution in [1.29, 1.82) is 0 Å². The number of aromatic nitrogens is 3. The van der Waals surface area contributed by atoms with Gasteiger partial charge < -0.3 is 35.8 Å². The minimum atomic E-state index is -1.74. The van der Waals surface area contributed by atoms with Crippen LogP contribution < -0.4 is 14.4 Å². The van der Waals surface area contributed by atoms with E-state index in [1.807, 2.05) is 0 Å². The predicted molar refractivity (Wildman–Crippen MR) is 72.5 cm³/mol. The van der Waals surface area contributed by atoms with E-state index in [1.54, 1.807) is 0 Å². The summed E-state index contributed by atoms with van der Waals surface area (Å²) in [5, 5.41) is 66.8. The average Bonchev–Trinajstić information content (AvgIpc) is 2.56. The van der Waals surface area contributed by atoms with Gasteiger partial charge in [0, 0.05) is 0 Å². The molecule has 13 nitrogen and oxygen atoms in total. The zero-order valence-corrected chi connectivity index (χ0v) is 11.5. The van der Waals surface area contributed by atoms with Crippen LogP contribution in [0.25, 0.3) is 0 Å². The SMILES string of the molecule is [O-][N+](CO)(CO)c1nc(N(CO)CO)nc(N(CO)CO)n1. The van der Waals surface area contributed by atoms with Gasteiger partial charge in [-0.15, -0.1) is 9.97 Å². The van der Waals surface area contributed by atoms with Crippen molar-refractivity contribution in [1.82, 2.24) is 19.6 Å².